The smallest absolute Gasteiger partial charge is 0.226 e. The number of hydrogen-bond donors (Lipinski definition) is 0. The number of ether oxygens (including phenoxy) is 1. The molecule has 0 radical (unpaired) electrons. The first-order valence-corrected chi connectivity index (χ1v) is 11.1. The van der Waals surface area contributed by atoms with E-state index in [1.807, 2.05) is 0 Å². The van der Waals surface area contributed by atoms with Crippen molar-refractivity contribution in [3.05, 3.63) is 71.4 Å². The van der Waals surface area contributed by atoms with Crippen LogP contribution >= 0.6 is 0 Å². The standard InChI is InChI=1S/C22H22FNO5S/c1-15-21(24-22(29-15)17-7-10-20(28-2)11-8-17)14-30(26,27)13-19(25)9-6-16-4-3-5-18(23)12-16/h3-5,7-8,10-12H,6,9,13-14H2,1-2H3. The highest BCUT2D eigenvalue weighted by Gasteiger charge is 2.22. The van der Waals surface area contributed by atoms with Crippen LogP contribution in [0.4, 0.5) is 4.39 Å². The number of Topliss-reactive ketones (excluding diaryl/α,β-unsaturated/α-hetero) is 1. The summed E-state index contributed by atoms with van der Waals surface area (Å²) in [5.41, 5.74) is 1.62. The normalized spacial score (nSPS) is 11.4. The molecule has 2 aromatic carbocycles. The number of halogens is 1. The quantitative estimate of drug-likeness (QED) is 0.511. The van der Waals surface area contributed by atoms with Gasteiger partial charge < -0.3 is 9.15 Å². The van der Waals surface area contributed by atoms with Crippen molar-refractivity contribution in [1.82, 2.24) is 4.98 Å². The maximum Gasteiger partial charge on any atom is 0.226 e. The number of aryl methyl sites for hydroxylation is 2. The van der Waals surface area contributed by atoms with E-state index in [0.717, 1.165) is 0 Å². The predicted molar refractivity (Wildman–Crippen MR) is 110 cm³/mol. The van der Waals surface area contributed by atoms with Gasteiger partial charge in [0.1, 0.15) is 28.9 Å². The number of oxazole rings is 1. The molecule has 0 bridgehead atoms. The van der Waals surface area contributed by atoms with Crippen LogP contribution in [0.5, 0.6) is 5.75 Å². The van der Waals surface area contributed by atoms with Crippen LogP contribution in [0.3, 0.4) is 0 Å². The van der Waals surface area contributed by atoms with Crippen molar-refractivity contribution >= 4 is 15.6 Å². The van der Waals surface area contributed by atoms with E-state index in [4.69, 9.17) is 9.15 Å². The molecule has 30 heavy (non-hydrogen) atoms. The Morgan fingerprint density at radius 2 is 1.90 bits per heavy atom. The topological polar surface area (TPSA) is 86.5 Å². The van der Waals surface area contributed by atoms with Gasteiger partial charge in [0.2, 0.25) is 5.89 Å². The Morgan fingerprint density at radius 3 is 2.57 bits per heavy atom. The van der Waals surface area contributed by atoms with Gasteiger partial charge in [0.15, 0.2) is 9.84 Å². The van der Waals surface area contributed by atoms with E-state index < -0.39 is 21.4 Å². The monoisotopic (exact) mass is 431 g/mol. The van der Waals surface area contributed by atoms with Gasteiger partial charge >= 0.3 is 0 Å². The molecule has 1 aromatic heterocycles. The summed E-state index contributed by atoms with van der Waals surface area (Å²) in [5, 5.41) is 0. The van der Waals surface area contributed by atoms with Gasteiger partial charge in [0.25, 0.3) is 0 Å². The summed E-state index contributed by atoms with van der Waals surface area (Å²) in [4.78, 5) is 16.4. The molecule has 1 heterocycles. The zero-order valence-electron chi connectivity index (χ0n) is 16.7. The molecule has 0 aliphatic carbocycles. The number of carbonyl (C=O) groups excluding carboxylic acids is 1. The average Bonchev–Trinajstić information content (AvgIpc) is 3.06. The molecular formula is C22H22FNO5S. The van der Waals surface area contributed by atoms with Crippen molar-refractivity contribution in [3.8, 4) is 17.2 Å². The average molecular weight is 431 g/mol. The second-order valence-corrected chi connectivity index (χ2v) is 9.02. The van der Waals surface area contributed by atoms with Gasteiger partial charge in [-0.25, -0.2) is 17.8 Å². The Kier molecular flexibility index (Phi) is 6.66. The van der Waals surface area contributed by atoms with Gasteiger partial charge in [0, 0.05) is 12.0 Å². The van der Waals surface area contributed by atoms with Gasteiger partial charge in [-0.05, 0) is 55.3 Å². The Balaban J connectivity index is 1.63. The fourth-order valence-corrected chi connectivity index (χ4v) is 4.39. The van der Waals surface area contributed by atoms with Crippen molar-refractivity contribution in [2.75, 3.05) is 12.9 Å². The predicted octanol–water partition coefficient (Wildman–Crippen LogP) is 3.91. The van der Waals surface area contributed by atoms with Crippen LogP contribution in [0.1, 0.15) is 23.4 Å². The highest BCUT2D eigenvalue weighted by atomic mass is 32.2. The molecule has 0 aliphatic heterocycles. The Bertz CT molecular complexity index is 1140. The molecule has 0 fully saturated rings. The first-order valence-electron chi connectivity index (χ1n) is 9.33. The van der Waals surface area contributed by atoms with Gasteiger partial charge in [-0.3, -0.25) is 4.79 Å². The zero-order chi connectivity index (χ0) is 21.7. The van der Waals surface area contributed by atoms with E-state index in [-0.39, 0.29) is 30.1 Å². The summed E-state index contributed by atoms with van der Waals surface area (Å²) in [6.07, 6.45) is 0.314. The molecule has 0 unspecified atom stereocenters. The summed E-state index contributed by atoms with van der Waals surface area (Å²) in [7, 11) is -2.15. The van der Waals surface area contributed by atoms with Gasteiger partial charge in [-0.15, -0.1) is 0 Å². The lowest BCUT2D eigenvalue weighted by Gasteiger charge is -2.04. The van der Waals surface area contributed by atoms with Crippen LogP contribution in [0.25, 0.3) is 11.5 Å². The number of methoxy groups -OCH3 is 1. The van der Waals surface area contributed by atoms with Gasteiger partial charge in [0.05, 0.1) is 18.6 Å². The van der Waals surface area contributed by atoms with E-state index in [1.54, 1.807) is 50.4 Å². The van der Waals surface area contributed by atoms with E-state index in [2.05, 4.69) is 4.98 Å². The van der Waals surface area contributed by atoms with E-state index in [9.17, 15) is 17.6 Å². The summed E-state index contributed by atoms with van der Waals surface area (Å²) in [6, 6.07) is 12.9. The summed E-state index contributed by atoms with van der Waals surface area (Å²) in [6.45, 7) is 1.64. The minimum atomic E-state index is -3.71. The molecule has 6 nitrogen and oxygen atoms in total. The van der Waals surface area contributed by atoms with Crippen molar-refractivity contribution in [1.29, 1.82) is 0 Å². The SMILES string of the molecule is COc1ccc(-c2nc(CS(=O)(=O)CC(=O)CCc3cccc(F)c3)c(C)o2)cc1. The van der Waals surface area contributed by atoms with E-state index in [0.29, 0.717) is 28.5 Å². The molecule has 0 aliphatic rings. The number of nitrogens with zero attached hydrogens (tertiary/aromatic N) is 1. The van der Waals surface area contributed by atoms with E-state index >= 15 is 0 Å². The lowest BCUT2D eigenvalue weighted by molar-refractivity contribution is -0.116. The highest BCUT2D eigenvalue weighted by Crippen LogP contribution is 2.25. The van der Waals surface area contributed by atoms with Crippen LogP contribution < -0.4 is 4.74 Å². The molecule has 8 heteroatoms. The van der Waals surface area contributed by atoms with Gasteiger partial charge in [-0.2, -0.15) is 0 Å². The molecule has 158 valence electrons. The number of benzene rings is 2. The molecule has 0 amide bonds. The maximum atomic E-state index is 13.2. The fraction of sp³-hybridized carbons (Fsp3) is 0.273. The number of rotatable bonds is 9. The second kappa shape index (κ2) is 9.21. The number of carbonyl (C=O) groups is 1. The summed E-state index contributed by atoms with van der Waals surface area (Å²) >= 11 is 0. The molecule has 0 spiro atoms. The third-order valence-electron chi connectivity index (χ3n) is 4.55. The maximum absolute atomic E-state index is 13.2. The van der Waals surface area contributed by atoms with Crippen LogP contribution in [0, 0.1) is 12.7 Å². The van der Waals surface area contributed by atoms with Gasteiger partial charge in [-0.1, -0.05) is 12.1 Å². The lowest BCUT2D eigenvalue weighted by atomic mass is 10.1. The Labute approximate surface area is 174 Å². The van der Waals surface area contributed by atoms with Crippen LogP contribution in [-0.4, -0.2) is 32.0 Å². The number of hydrogen-bond acceptors (Lipinski definition) is 6. The van der Waals surface area contributed by atoms with Crippen molar-refractivity contribution in [2.45, 2.75) is 25.5 Å². The lowest BCUT2D eigenvalue weighted by Crippen LogP contribution is -2.18. The largest absolute Gasteiger partial charge is 0.497 e. The molecule has 0 N–H and O–H groups in total. The van der Waals surface area contributed by atoms with Crippen LogP contribution in [-0.2, 0) is 26.8 Å². The summed E-state index contributed by atoms with van der Waals surface area (Å²) in [5.74, 6) is -0.412. The third-order valence-corrected chi connectivity index (χ3v) is 6.02. The highest BCUT2D eigenvalue weighted by molar-refractivity contribution is 7.91. The summed E-state index contributed by atoms with van der Waals surface area (Å²) < 4.78 is 48.9. The molecule has 3 rings (SSSR count). The molecule has 0 saturated heterocycles. The minimum Gasteiger partial charge on any atom is -0.497 e. The molecule has 0 atom stereocenters. The van der Waals surface area contributed by atoms with Crippen LogP contribution in [0.2, 0.25) is 0 Å². The van der Waals surface area contributed by atoms with Crippen molar-refractivity contribution < 1.29 is 26.8 Å². The molecule has 0 saturated carbocycles. The first kappa shape index (κ1) is 21.7. The number of ketones is 1. The molecular weight excluding hydrogens is 409 g/mol. The minimum absolute atomic E-state index is 0.0254. The zero-order valence-corrected chi connectivity index (χ0v) is 17.5. The third kappa shape index (κ3) is 5.76. The number of aromatic nitrogens is 1. The van der Waals surface area contributed by atoms with Crippen LogP contribution in [0.15, 0.2) is 52.9 Å². The van der Waals surface area contributed by atoms with Crippen molar-refractivity contribution in [3.63, 3.8) is 0 Å². The second-order valence-electron chi connectivity index (χ2n) is 6.95. The van der Waals surface area contributed by atoms with E-state index in [1.165, 1.54) is 12.1 Å². The van der Waals surface area contributed by atoms with Crippen molar-refractivity contribution in [2.24, 2.45) is 0 Å². The number of sulfone groups is 1. The Morgan fingerprint density at radius 1 is 1.17 bits per heavy atom. The first-order chi connectivity index (χ1) is 14.3. The fourth-order valence-electron chi connectivity index (χ4n) is 2.97. The Hall–Kier alpha value is -3.00. The molecule has 3 aromatic rings.